The highest BCUT2D eigenvalue weighted by atomic mass is 31.1. The molecule has 0 aromatic heterocycles. The molecule has 1 heterocycles. The van der Waals surface area contributed by atoms with Gasteiger partial charge in [-0.2, -0.15) is 0 Å². The van der Waals surface area contributed by atoms with Crippen molar-refractivity contribution in [3.63, 3.8) is 0 Å². The number of benzene rings is 1. The maximum Gasteiger partial charge on any atom is 0.341 e. The number of imide groups is 1. The SMILES string of the molecule is O=C1CCCC(=O)N1[PH](=O)Oc1ccccc1. The van der Waals surface area contributed by atoms with Crippen LogP contribution in [0.15, 0.2) is 30.3 Å². The van der Waals surface area contributed by atoms with Crippen LogP contribution in [0, 0.1) is 0 Å². The van der Waals surface area contributed by atoms with E-state index in [1.165, 1.54) is 0 Å². The Hall–Kier alpha value is -1.61. The van der Waals surface area contributed by atoms with E-state index in [1.54, 1.807) is 30.3 Å². The van der Waals surface area contributed by atoms with Gasteiger partial charge in [0.15, 0.2) is 0 Å². The van der Waals surface area contributed by atoms with Crippen LogP contribution in [0.25, 0.3) is 0 Å². The quantitative estimate of drug-likeness (QED) is 0.610. The lowest BCUT2D eigenvalue weighted by Crippen LogP contribution is -2.35. The molecule has 0 N–H and O–H groups in total. The topological polar surface area (TPSA) is 63.7 Å². The highest BCUT2D eigenvalue weighted by Gasteiger charge is 2.31. The lowest BCUT2D eigenvalue weighted by molar-refractivity contribution is -0.141. The Morgan fingerprint density at radius 1 is 1.06 bits per heavy atom. The van der Waals surface area contributed by atoms with Crippen LogP contribution in [0.4, 0.5) is 0 Å². The summed E-state index contributed by atoms with van der Waals surface area (Å²) in [6.07, 6.45) is 1.02. The van der Waals surface area contributed by atoms with E-state index in [-0.39, 0.29) is 12.8 Å². The van der Waals surface area contributed by atoms with Crippen LogP contribution in [0.1, 0.15) is 19.3 Å². The molecule has 2 rings (SSSR count). The van der Waals surface area contributed by atoms with Gasteiger partial charge in [-0.1, -0.05) is 18.2 Å². The Morgan fingerprint density at radius 2 is 1.65 bits per heavy atom. The molecular weight excluding hydrogens is 241 g/mol. The first-order chi connectivity index (χ1) is 8.18. The largest absolute Gasteiger partial charge is 0.430 e. The minimum atomic E-state index is -2.86. The second kappa shape index (κ2) is 5.15. The van der Waals surface area contributed by atoms with Crippen molar-refractivity contribution in [1.29, 1.82) is 0 Å². The molecule has 0 saturated carbocycles. The van der Waals surface area contributed by atoms with Gasteiger partial charge in [-0.05, 0) is 18.6 Å². The van der Waals surface area contributed by atoms with E-state index in [4.69, 9.17) is 4.52 Å². The van der Waals surface area contributed by atoms with Gasteiger partial charge in [-0.25, -0.2) is 4.67 Å². The maximum atomic E-state index is 11.8. The molecule has 1 aromatic carbocycles. The zero-order chi connectivity index (χ0) is 12.3. The molecule has 2 amide bonds. The van der Waals surface area contributed by atoms with E-state index >= 15 is 0 Å². The predicted octanol–water partition coefficient (Wildman–Crippen LogP) is 1.99. The molecule has 1 atom stereocenters. The highest BCUT2D eigenvalue weighted by molar-refractivity contribution is 7.38. The molecule has 90 valence electrons. The number of amides is 2. The van der Waals surface area contributed by atoms with Gasteiger partial charge in [0.2, 0.25) is 11.8 Å². The lowest BCUT2D eigenvalue weighted by atomic mass is 10.1. The Balaban J connectivity index is 2.09. The first kappa shape index (κ1) is 11.9. The molecule has 1 aliphatic heterocycles. The van der Waals surface area contributed by atoms with Crippen molar-refractivity contribution in [2.24, 2.45) is 0 Å². The van der Waals surface area contributed by atoms with Gasteiger partial charge >= 0.3 is 8.18 Å². The summed E-state index contributed by atoms with van der Waals surface area (Å²) in [6.45, 7) is 0. The minimum Gasteiger partial charge on any atom is -0.430 e. The number of nitrogens with zero attached hydrogens (tertiary/aromatic N) is 1. The van der Waals surface area contributed by atoms with Crippen molar-refractivity contribution >= 4 is 20.0 Å². The molecule has 5 nitrogen and oxygen atoms in total. The van der Waals surface area contributed by atoms with Gasteiger partial charge in [-0.3, -0.25) is 14.2 Å². The van der Waals surface area contributed by atoms with E-state index < -0.39 is 20.0 Å². The van der Waals surface area contributed by atoms with Gasteiger partial charge in [-0.15, -0.1) is 0 Å². The van der Waals surface area contributed by atoms with Crippen LogP contribution in [0.5, 0.6) is 5.75 Å². The average molecular weight is 253 g/mol. The van der Waals surface area contributed by atoms with E-state index in [9.17, 15) is 14.2 Å². The van der Waals surface area contributed by atoms with Crippen molar-refractivity contribution in [2.75, 3.05) is 0 Å². The third-order valence-corrected chi connectivity index (χ3v) is 3.69. The van der Waals surface area contributed by atoms with Gasteiger partial charge < -0.3 is 4.52 Å². The van der Waals surface area contributed by atoms with Crippen molar-refractivity contribution in [1.82, 2.24) is 4.67 Å². The van der Waals surface area contributed by atoms with Crippen molar-refractivity contribution < 1.29 is 18.7 Å². The van der Waals surface area contributed by atoms with Gasteiger partial charge in [0, 0.05) is 12.8 Å². The number of carbonyl (C=O) groups excluding carboxylic acids is 2. The monoisotopic (exact) mass is 253 g/mol. The Kier molecular flexibility index (Phi) is 3.59. The molecule has 0 radical (unpaired) electrons. The highest BCUT2D eigenvalue weighted by Crippen LogP contribution is 2.34. The number of carbonyl (C=O) groups is 2. The summed E-state index contributed by atoms with van der Waals surface area (Å²) in [7, 11) is -2.86. The van der Waals surface area contributed by atoms with Gasteiger partial charge in [0.1, 0.15) is 5.75 Å². The smallest absolute Gasteiger partial charge is 0.341 e. The van der Waals surface area contributed by atoms with Gasteiger partial charge in [0.25, 0.3) is 0 Å². The summed E-state index contributed by atoms with van der Waals surface area (Å²) in [5.74, 6) is -0.440. The average Bonchev–Trinajstić information content (AvgIpc) is 2.30. The summed E-state index contributed by atoms with van der Waals surface area (Å²) in [6, 6.07) is 8.50. The third-order valence-electron chi connectivity index (χ3n) is 2.41. The zero-order valence-electron chi connectivity index (χ0n) is 9.09. The van der Waals surface area contributed by atoms with E-state index in [1.807, 2.05) is 0 Å². The fourth-order valence-corrected chi connectivity index (χ4v) is 2.65. The summed E-state index contributed by atoms with van der Waals surface area (Å²) < 4.78 is 17.7. The molecule has 0 spiro atoms. The van der Waals surface area contributed by atoms with Crippen molar-refractivity contribution in [3.05, 3.63) is 30.3 Å². The Labute approximate surface area is 99.3 Å². The minimum absolute atomic E-state index is 0.250. The number of hydrogen-bond acceptors (Lipinski definition) is 4. The van der Waals surface area contributed by atoms with Crippen LogP contribution < -0.4 is 4.52 Å². The molecular formula is C11H12NO4P. The Bertz CT molecular complexity index is 444. The molecule has 1 fully saturated rings. The molecule has 17 heavy (non-hydrogen) atoms. The predicted molar refractivity (Wildman–Crippen MR) is 61.8 cm³/mol. The fraction of sp³-hybridized carbons (Fsp3) is 0.273. The lowest BCUT2D eigenvalue weighted by Gasteiger charge is -2.23. The van der Waals surface area contributed by atoms with Crippen LogP contribution in [0.2, 0.25) is 0 Å². The maximum absolute atomic E-state index is 11.8. The molecule has 1 unspecified atom stereocenters. The number of para-hydroxylation sites is 1. The molecule has 0 aliphatic carbocycles. The van der Waals surface area contributed by atoms with Crippen LogP contribution in [0.3, 0.4) is 0 Å². The van der Waals surface area contributed by atoms with Crippen molar-refractivity contribution in [3.8, 4) is 5.75 Å². The molecule has 1 aliphatic rings. The third kappa shape index (κ3) is 2.74. The van der Waals surface area contributed by atoms with Gasteiger partial charge in [0.05, 0.1) is 0 Å². The van der Waals surface area contributed by atoms with E-state index in [0.717, 1.165) is 4.67 Å². The first-order valence-electron chi connectivity index (χ1n) is 5.31. The van der Waals surface area contributed by atoms with E-state index in [0.29, 0.717) is 12.2 Å². The Morgan fingerprint density at radius 3 is 2.24 bits per heavy atom. The second-order valence-electron chi connectivity index (χ2n) is 3.66. The normalized spacial score (nSPS) is 18.0. The van der Waals surface area contributed by atoms with E-state index in [2.05, 4.69) is 0 Å². The summed E-state index contributed by atoms with van der Waals surface area (Å²) in [5.41, 5.74) is 0. The first-order valence-corrected chi connectivity index (χ1v) is 6.57. The summed E-state index contributed by atoms with van der Waals surface area (Å²) in [5, 5.41) is 0. The van der Waals surface area contributed by atoms with Crippen LogP contribution in [-0.2, 0) is 14.2 Å². The number of piperidine rings is 1. The zero-order valence-corrected chi connectivity index (χ0v) is 10.1. The number of rotatable bonds is 3. The molecule has 1 saturated heterocycles. The molecule has 6 heteroatoms. The summed E-state index contributed by atoms with van der Waals surface area (Å²) >= 11 is 0. The second-order valence-corrected chi connectivity index (χ2v) is 4.84. The summed E-state index contributed by atoms with van der Waals surface area (Å²) in [4.78, 5) is 23.0. The number of hydrogen-bond donors (Lipinski definition) is 0. The fourth-order valence-electron chi connectivity index (χ4n) is 1.59. The standard InChI is InChI=1S/C11H12NO4P/c13-10-7-4-8-11(14)12(10)17(15)16-9-5-2-1-3-6-9/h1-3,5-6,17H,4,7-8H2. The van der Waals surface area contributed by atoms with Crippen LogP contribution >= 0.6 is 8.18 Å². The molecule has 0 bridgehead atoms. The van der Waals surface area contributed by atoms with Crippen LogP contribution in [-0.4, -0.2) is 16.5 Å². The molecule has 1 aromatic rings. The van der Waals surface area contributed by atoms with Crippen molar-refractivity contribution in [2.45, 2.75) is 19.3 Å².